The Bertz CT molecular complexity index is 1080. The average molecular weight is 876 g/mol. The van der Waals surface area contributed by atoms with Gasteiger partial charge in [0, 0.05) is 55.0 Å². The Morgan fingerprint density at radius 2 is 0.442 bits per heavy atom. The first-order valence-electron chi connectivity index (χ1n) is 20.0. The van der Waals surface area contributed by atoms with E-state index in [1.54, 1.807) is 0 Å². The largest absolute Gasteiger partial charge is 0.479 e. The molecule has 6 fully saturated rings. The number of hydrogen-bond acceptors (Lipinski definition) is 13. The van der Waals surface area contributed by atoms with Gasteiger partial charge in [0.05, 0.1) is 0 Å². The molecule has 6 rings (SSSR count). The Labute approximate surface area is 323 Å². The summed E-state index contributed by atoms with van der Waals surface area (Å²) in [6.07, 6.45) is 0.377. The molecular formula is C31H70O13Si8. The van der Waals surface area contributed by atoms with Crippen LogP contribution in [0.2, 0.25) is 48.4 Å². The second-order valence-electron chi connectivity index (χ2n) is 18.7. The van der Waals surface area contributed by atoms with Gasteiger partial charge in [0.25, 0.3) is 0 Å². The van der Waals surface area contributed by atoms with Crippen LogP contribution in [0.15, 0.2) is 0 Å². The highest BCUT2D eigenvalue weighted by atomic mass is 28.6. The van der Waals surface area contributed by atoms with Crippen LogP contribution in [0.1, 0.15) is 103 Å². The lowest BCUT2D eigenvalue weighted by Crippen LogP contribution is -2.88. The van der Waals surface area contributed by atoms with Crippen molar-refractivity contribution in [1.82, 2.24) is 0 Å². The van der Waals surface area contributed by atoms with Gasteiger partial charge in [-0.1, -0.05) is 96.9 Å². The van der Waals surface area contributed by atoms with Crippen molar-refractivity contribution >= 4 is 70.4 Å². The van der Waals surface area contributed by atoms with E-state index in [0.717, 1.165) is 0 Å². The molecule has 304 valence electrons. The molecule has 0 aromatic rings. The minimum atomic E-state index is -3.97. The Morgan fingerprint density at radius 1 is 0.288 bits per heavy atom. The third-order valence-electron chi connectivity index (χ3n) is 8.98. The molecule has 8 bridgehead atoms. The van der Waals surface area contributed by atoms with Crippen LogP contribution in [0.3, 0.4) is 0 Å². The molecular weight excluding hydrogens is 805 g/mol. The molecule has 0 amide bonds. The van der Waals surface area contributed by atoms with Gasteiger partial charge in [0.1, 0.15) is 0 Å². The molecule has 0 aromatic heterocycles. The summed E-state index contributed by atoms with van der Waals surface area (Å²) in [6, 6.07) is 3.58. The molecule has 0 atom stereocenters. The zero-order valence-corrected chi connectivity index (χ0v) is 42.5. The lowest BCUT2D eigenvalue weighted by molar-refractivity contribution is -0.0343. The first-order valence-corrected chi connectivity index (χ1v) is 35.4. The summed E-state index contributed by atoms with van der Waals surface area (Å²) in [6.45, 7) is 30.0. The molecule has 21 heteroatoms. The Hall–Kier alpha value is 1.22. The summed E-state index contributed by atoms with van der Waals surface area (Å²) >= 11 is 0. The van der Waals surface area contributed by atoms with Gasteiger partial charge >= 0.3 is 70.4 Å². The average Bonchev–Trinajstić information content (AvgIpc) is 2.84. The molecule has 1 N–H and O–H groups in total. The molecule has 6 saturated heterocycles. The van der Waals surface area contributed by atoms with Gasteiger partial charge in [-0.25, -0.2) is 0 Å². The Morgan fingerprint density at radius 3 is 0.577 bits per heavy atom. The van der Waals surface area contributed by atoms with Crippen molar-refractivity contribution in [2.24, 2.45) is 41.4 Å². The van der Waals surface area contributed by atoms with Gasteiger partial charge in [-0.2, -0.15) is 0 Å². The first-order chi connectivity index (χ1) is 24.0. The highest BCUT2D eigenvalue weighted by Gasteiger charge is 2.83. The fourth-order valence-corrected chi connectivity index (χ4v) is 59.7. The maximum atomic E-state index is 10.3. The normalized spacial score (nSPS) is 41.9. The van der Waals surface area contributed by atoms with Crippen LogP contribution < -0.4 is 0 Å². The third-order valence-corrected chi connectivity index (χ3v) is 49.0. The lowest BCUT2D eigenvalue weighted by Gasteiger charge is -2.64. The molecule has 0 unspecified atom stereocenters. The van der Waals surface area contributed by atoms with Crippen LogP contribution in [0.5, 0.6) is 0 Å². The first kappa shape index (κ1) is 44.3. The second-order valence-corrected chi connectivity index (χ2v) is 42.8. The van der Waals surface area contributed by atoms with E-state index in [9.17, 15) is 5.11 Å². The maximum Gasteiger partial charge on any atom is 0.479 e. The summed E-state index contributed by atoms with van der Waals surface area (Å²) < 4.78 is 92.1. The third kappa shape index (κ3) is 10.1. The molecule has 0 radical (unpaired) electrons. The monoisotopic (exact) mass is 874 g/mol. The fourth-order valence-electron chi connectivity index (χ4n) is 8.17. The predicted molar refractivity (Wildman–Crippen MR) is 213 cm³/mol. The lowest BCUT2D eigenvalue weighted by atomic mass is 10.3. The van der Waals surface area contributed by atoms with Crippen molar-refractivity contribution in [2.75, 3.05) is 6.61 Å². The standard InChI is InChI=1S/C31H70O13Si8/c1-25(2)18-46-33-45(17-15-16-32)34-47(19-26(3)4)38-49(36-46,21-28(7)8)42-52(24-31(13)14)43-50(37-46,22-29(9)10)39-48(35-45,20-27(5)6)41-51(40-47,44-52)23-30(11)12/h25-32H,15-24H2,1-14H3. The van der Waals surface area contributed by atoms with Gasteiger partial charge in [-0.15, -0.1) is 0 Å². The molecule has 6 heterocycles. The van der Waals surface area contributed by atoms with Crippen molar-refractivity contribution in [3.63, 3.8) is 0 Å². The van der Waals surface area contributed by atoms with Crippen LogP contribution in [-0.2, 0) is 49.4 Å². The topological polar surface area (TPSA) is 131 Å². The van der Waals surface area contributed by atoms with Gasteiger partial charge in [-0.3, -0.25) is 0 Å². The van der Waals surface area contributed by atoms with E-state index in [2.05, 4.69) is 96.9 Å². The quantitative estimate of drug-likeness (QED) is 0.143. The smallest absolute Gasteiger partial charge is 0.396 e. The van der Waals surface area contributed by atoms with Crippen molar-refractivity contribution in [3.8, 4) is 0 Å². The van der Waals surface area contributed by atoms with E-state index < -0.39 is 70.4 Å². The molecule has 0 aliphatic carbocycles. The molecule has 13 nitrogen and oxygen atoms in total. The van der Waals surface area contributed by atoms with E-state index in [1.807, 2.05) is 0 Å². The van der Waals surface area contributed by atoms with Crippen LogP contribution in [0.4, 0.5) is 0 Å². The van der Waals surface area contributed by atoms with Gasteiger partial charge < -0.3 is 54.5 Å². The van der Waals surface area contributed by atoms with Crippen molar-refractivity contribution in [1.29, 1.82) is 0 Å². The molecule has 6 aliphatic rings. The van der Waals surface area contributed by atoms with Crippen LogP contribution >= 0.6 is 0 Å². The van der Waals surface area contributed by atoms with Crippen molar-refractivity contribution < 1.29 is 54.5 Å². The number of rotatable bonds is 17. The summed E-state index contributed by atoms with van der Waals surface area (Å²) in [4.78, 5) is 0. The highest BCUT2D eigenvalue weighted by Crippen LogP contribution is 2.55. The van der Waals surface area contributed by atoms with Gasteiger partial charge in [-0.05, 0) is 47.8 Å². The number of aliphatic hydroxyl groups is 1. The van der Waals surface area contributed by atoms with Crippen LogP contribution in [0.25, 0.3) is 0 Å². The highest BCUT2D eigenvalue weighted by molar-refractivity contribution is 7.03. The van der Waals surface area contributed by atoms with Crippen LogP contribution in [0, 0.1) is 41.4 Å². The zero-order chi connectivity index (χ0) is 38.6. The predicted octanol–water partition coefficient (Wildman–Crippen LogP) is 7.74. The molecule has 0 spiro atoms. The molecule has 52 heavy (non-hydrogen) atoms. The molecule has 0 aromatic carbocycles. The SMILES string of the molecule is CC(C)C[Si]12O[Si]3(CCCO)O[Si]4(CC(C)C)O[Si](CC(C)C)(O1)O[Si]1(CC(C)C)O[Si](CC(C)C)(O2)O[Si](CC(C)C)(O3)O[Si](CC(C)C)(O4)O1. The van der Waals surface area contributed by atoms with Crippen molar-refractivity contribution in [3.05, 3.63) is 0 Å². The van der Waals surface area contributed by atoms with Gasteiger partial charge in [0.2, 0.25) is 0 Å². The Kier molecular flexibility index (Phi) is 13.7. The minimum Gasteiger partial charge on any atom is -0.396 e. The molecule has 6 aliphatic heterocycles. The summed E-state index contributed by atoms with van der Waals surface area (Å²) in [7, 11) is -31.3. The fraction of sp³-hybridized carbons (Fsp3) is 1.00. The Balaban J connectivity index is 1.96. The maximum absolute atomic E-state index is 10.3. The minimum absolute atomic E-state index is 0.0745. The van der Waals surface area contributed by atoms with E-state index >= 15 is 0 Å². The van der Waals surface area contributed by atoms with E-state index in [1.165, 1.54) is 0 Å². The van der Waals surface area contributed by atoms with Gasteiger partial charge in [0.15, 0.2) is 0 Å². The summed E-state index contributed by atoms with van der Waals surface area (Å²) in [5, 5.41) is 10.3. The zero-order valence-electron chi connectivity index (χ0n) is 34.5. The summed E-state index contributed by atoms with van der Waals surface area (Å²) in [5.74, 6) is 0.806. The number of hydrogen-bond donors (Lipinski definition) is 1. The summed E-state index contributed by atoms with van der Waals surface area (Å²) in [5.41, 5.74) is 0. The number of aliphatic hydroxyl groups excluding tert-OH is 1. The second kappa shape index (κ2) is 16.1. The van der Waals surface area contributed by atoms with E-state index in [-0.39, 0.29) is 48.0 Å². The van der Waals surface area contributed by atoms with E-state index in [4.69, 9.17) is 49.4 Å². The van der Waals surface area contributed by atoms with E-state index in [0.29, 0.717) is 54.8 Å². The van der Waals surface area contributed by atoms with Crippen LogP contribution in [-0.4, -0.2) is 82.1 Å². The molecule has 0 saturated carbocycles. The van der Waals surface area contributed by atoms with Crippen molar-refractivity contribution in [2.45, 2.75) is 152 Å².